The fourth-order valence-corrected chi connectivity index (χ4v) is 2.07. The van der Waals surface area contributed by atoms with Crippen LogP contribution in [-0.2, 0) is 11.2 Å². The Labute approximate surface area is 112 Å². The molecule has 102 valence electrons. The summed E-state index contributed by atoms with van der Waals surface area (Å²) in [5.74, 6) is 5.14. The smallest absolute Gasteiger partial charge is 0.142 e. The van der Waals surface area contributed by atoms with Gasteiger partial charge in [-0.3, -0.25) is 11.3 Å². The lowest BCUT2D eigenvalue weighted by molar-refractivity contribution is 0.0319. The van der Waals surface area contributed by atoms with Gasteiger partial charge >= 0.3 is 0 Å². The van der Waals surface area contributed by atoms with E-state index in [1.54, 1.807) is 12.1 Å². The number of nitrogens with two attached hydrogens (primary N) is 1. The molecular weight excluding hydrogens is 255 g/mol. The average Bonchev–Trinajstić information content (AvgIpc) is 2.37. The van der Waals surface area contributed by atoms with Crippen molar-refractivity contribution in [2.24, 2.45) is 5.84 Å². The van der Waals surface area contributed by atoms with Gasteiger partial charge in [0.25, 0.3) is 0 Å². The standard InChI is InChI=1S/C13H20ClFN2O/c1-3-13(18-4-2)12(17-16)8-9-5-6-10(14)11(15)7-9/h5-7,12-13,17H,3-4,8,16H2,1-2H3. The number of hydrazine groups is 1. The number of hydrogen-bond donors (Lipinski definition) is 2. The molecule has 0 aliphatic heterocycles. The number of benzene rings is 1. The van der Waals surface area contributed by atoms with Crippen LogP contribution in [0.25, 0.3) is 0 Å². The lowest BCUT2D eigenvalue weighted by Crippen LogP contribution is -2.46. The molecule has 1 rings (SSSR count). The van der Waals surface area contributed by atoms with Gasteiger partial charge in [0.1, 0.15) is 5.82 Å². The van der Waals surface area contributed by atoms with E-state index in [1.165, 1.54) is 6.07 Å². The molecule has 0 aliphatic rings. The van der Waals surface area contributed by atoms with Gasteiger partial charge in [0.05, 0.1) is 17.2 Å². The van der Waals surface area contributed by atoms with Crippen molar-refractivity contribution >= 4 is 11.6 Å². The molecule has 0 aromatic heterocycles. The summed E-state index contributed by atoms with van der Waals surface area (Å²) < 4.78 is 19.0. The van der Waals surface area contributed by atoms with E-state index in [9.17, 15) is 4.39 Å². The van der Waals surface area contributed by atoms with Crippen molar-refractivity contribution in [1.82, 2.24) is 5.43 Å². The molecule has 0 amide bonds. The summed E-state index contributed by atoms with van der Waals surface area (Å²) >= 11 is 5.65. The molecule has 2 atom stereocenters. The first-order chi connectivity index (χ1) is 8.62. The maximum atomic E-state index is 13.3. The van der Waals surface area contributed by atoms with Crippen molar-refractivity contribution in [2.75, 3.05) is 6.61 Å². The van der Waals surface area contributed by atoms with Gasteiger partial charge in [0, 0.05) is 6.61 Å². The molecule has 1 aromatic rings. The Hall–Kier alpha value is -0.680. The fourth-order valence-electron chi connectivity index (χ4n) is 1.95. The second kappa shape index (κ2) is 7.69. The van der Waals surface area contributed by atoms with Crippen LogP contribution in [-0.4, -0.2) is 18.8 Å². The third-order valence-electron chi connectivity index (χ3n) is 2.89. The molecule has 3 nitrogen and oxygen atoms in total. The molecule has 0 saturated heterocycles. The number of hydrogen-bond acceptors (Lipinski definition) is 3. The number of halogens is 2. The van der Waals surface area contributed by atoms with Crippen molar-refractivity contribution in [3.63, 3.8) is 0 Å². The van der Waals surface area contributed by atoms with Crippen LogP contribution >= 0.6 is 11.6 Å². The van der Waals surface area contributed by atoms with Gasteiger partial charge in [0.15, 0.2) is 0 Å². The Morgan fingerprint density at radius 3 is 2.67 bits per heavy atom. The molecule has 0 heterocycles. The van der Waals surface area contributed by atoms with E-state index in [4.69, 9.17) is 22.2 Å². The minimum atomic E-state index is -0.408. The molecule has 0 spiro atoms. The van der Waals surface area contributed by atoms with Gasteiger partial charge < -0.3 is 4.74 Å². The van der Waals surface area contributed by atoms with E-state index in [-0.39, 0.29) is 17.2 Å². The molecule has 0 aliphatic carbocycles. The Kier molecular flexibility index (Phi) is 6.57. The highest BCUT2D eigenvalue weighted by Gasteiger charge is 2.19. The molecule has 0 fully saturated rings. The number of ether oxygens (including phenoxy) is 1. The van der Waals surface area contributed by atoms with Gasteiger partial charge in [-0.05, 0) is 37.5 Å². The molecule has 5 heteroatoms. The van der Waals surface area contributed by atoms with Crippen molar-refractivity contribution in [2.45, 2.75) is 38.8 Å². The van der Waals surface area contributed by atoms with Crippen molar-refractivity contribution in [3.8, 4) is 0 Å². The Morgan fingerprint density at radius 1 is 1.44 bits per heavy atom. The normalized spacial score (nSPS) is 14.5. The monoisotopic (exact) mass is 274 g/mol. The lowest BCUT2D eigenvalue weighted by atomic mass is 10.00. The molecule has 3 N–H and O–H groups in total. The van der Waals surface area contributed by atoms with E-state index in [2.05, 4.69) is 5.43 Å². The van der Waals surface area contributed by atoms with Gasteiger partial charge in [-0.2, -0.15) is 0 Å². The van der Waals surface area contributed by atoms with Crippen LogP contribution in [0, 0.1) is 5.82 Å². The zero-order chi connectivity index (χ0) is 13.5. The fraction of sp³-hybridized carbons (Fsp3) is 0.538. The average molecular weight is 275 g/mol. The van der Waals surface area contributed by atoms with E-state index in [1.807, 2.05) is 13.8 Å². The van der Waals surface area contributed by atoms with Crippen LogP contribution < -0.4 is 11.3 Å². The van der Waals surface area contributed by atoms with E-state index < -0.39 is 5.82 Å². The number of rotatable bonds is 7. The van der Waals surface area contributed by atoms with Gasteiger partial charge in [-0.15, -0.1) is 0 Å². The highest BCUT2D eigenvalue weighted by Crippen LogP contribution is 2.18. The van der Waals surface area contributed by atoms with Crippen LogP contribution in [0.1, 0.15) is 25.8 Å². The van der Waals surface area contributed by atoms with Crippen molar-refractivity contribution in [1.29, 1.82) is 0 Å². The molecule has 2 unspecified atom stereocenters. The van der Waals surface area contributed by atoms with Crippen molar-refractivity contribution in [3.05, 3.63) is 34.6 Å². The maximum absolute atomic E-state index is 13.3. The zero-order valence-corrected chi connectivity index (χ0v) is 11.5. The Balaban J connectivity index is 2.74. The minimum absolute atomic E-state index is 0.0127. The predicted molar refractivity (Wildman–Crippen MR) is 71.9 cm³/mol. The summed E-state index contributed by atoms with van der Waals surface area (Å²) in [6.07, 6.45) is 1.46. The molecule has 18 heavy (non-hydrogen) atoms. The third kappa shape index (κ3) is 4.21. The van der Waals surface area contributed by atoms with Crippen LogP contribution in [0.15, 0.2) is 18.2 Å². The van der Waals surface area contributed by atoms with Gasteiger partial charge in [-0.25, -0.2) is 4.39 Å². The molecule has 1 aromatic carbocycles. The summed E-state index contributed by atoms with van der Waals surface area (Å²) in [4.78, 5) is 0. The Morgan fingerprint density at radius 2 is 2.17 bits per heavy atom. The first-order valence-corrected chi connectivity index (χ1v) is 6.51. The summed E-state index contributed by atoms with van der Waals surface area (Å²) in [6.45, 7) is 4.61. The largest absolute Gasteiger partial charge is 0.377 e. The van der Waals surface area contributed by atoms with Crippen LogP contribution in [0.5, 0.6) is 0 Å². The first kappa shape index (κ1) is 15.4. The van der Waals surface area contributed by atoms with Gasteiger partial charge in [0.2, 0.25) is 0 Å². The summed E-state index contributed by atoms with van der Waals surface area (Å²) in [5, 5.41) is 0.132. The second-order valence-corrected chi connectivity index (χ2v) is 4.53. The van der Waals surface area contributed by atoms with Crippen LogP contribution in [0.4, 0.5) is 4.39 Å². The topological polar surface area (TPSA) is 47.3 Å². The van der Waals surface area contributed by atoms with E-state index in [0.29, 0.717) is 13.0 Å². The highest BCUT2D eigenvalue weighted by molar-refractivity contribution is 6.30. The summed E-state index contributed by atoms with van der Waals surface area (Å²) in [7, 11) is 0. The summed E-state index contributed by atoms with van der Waals surface area (Å²) in [6, 6.07) is 4.75. The molecular formula is C13H20ClFN2O. The highest BCUT2D eigenvalue weighted by atomic mass is 35.5. The van der Waals surface area contributed by atoms with Crippen LogP contribution in [0.3, 0.4) is 0 Å². The second-order valence-electron chi connectivity index (χ2n) is 4.13. The van der Waals surface area contributed by atoms with Gasteiger partial charge in [-0.1, -0.05) is 24.6 Å². The maximum Gasteiger partial charge on any atom is 0.142 e. The van der Waals surface area contributed by atoms with Crippen molar-refractivity contribution < 1.29 is 9.13 Å². The molecule has 0 bridgehead atoms. The SMILES string of the molecule is CCOC(CC)C(Cc1ccc(Cl)c(F)c1)NN. The summed E-state index contributed by atoms with van der Waals surface area (Å²) in [5.41, 5.74) is 3.59. The van der Waals surface area contributed by atoms with E-state index >= 15 is 0 Å². The molecule has 0 saturated carbocycles. The zero-order valence-electron chi connectivity index (χ0n) is 10.7. The van der Waals surface area contributed by atoms with E-state index in [0.717, 1.165) is 12.0 Å². The predicted octanol–water partition coefficient (Wildman–Crippen LogP) is 2.67. The quantitative estimate of drug-likeness (QED) is 0.594. The first-order valence-electron chi connectivity index (χ1n) is 6.14. The Bertz CT molecular complexity index is 376. The minimum Gasteiger partial charge on any atom is -0.377 e. The number of nitrogens with one attached hydrogen (secondary N) is 1. The third-order valence-corrected chi connectivity index (χ3v) is 3.19. The lowest BCUT2D eigenvalue weighted by Gasteiger charge is -2.25. The van der Waals surface area contributed by atoms with Crippen LogP contribution in [0.2, 0.25) is 5.02 Å². The molecule has 0 radical (unpaired) electrons.